The molecular formula is C12H17F2NO2. The van der Waals surface area contributed by atoms with E-state index in [1.54, 1.807) is 0 Å². The first-order chi connectivity index (χ1) is 8.04. The second-order valence-electron chi connectivity index (χ2n) is 3.88. The second kappa shape index (κ2) is 5.93. The molecule has 2 atom stereocenters. The molecule has 0 fully saturated rings. The van der Waals surface area contributed by atoms with Crippen molar-refractivity contribution in [2.24, 2.45) is 11.7 Å². The van der Waals surface area contributed by atoms with Gasteiger partial charge in [0.1, 0.15) is 5.82 Å². The van der Waals surface area contributed by atoms with E-state index in [-0.39, 0.29) is 23.8 Å². The number of aliphatic hydroxyl groups excluding tert-OH is 1. The van der Waals surface area contributed by atoms with E-state index in [9.17, 15) is 8.78 Å². The fraction of sp³-hybridized carbons (Fsp3) is 0.500. The summed E-state index contributed by atoms with van der Waals surface area (Å²) in [5.41, 5.74) is 5.87. The van der Waals surface area contributed by atoms with Gasteiger partial charge in [-0.25, -0.2) is 8.78 Å². The lowest BCUT2D eigenvalue weighted by atomic mass is 9.92. The molecular weight excluding hydrogens is 228 g/mol. The number of rotatable bonds is 5. The quantitative estimate of drug-likeness (QED) is 0.834. The van der Waals surface area contributed by atoms with Crippen LogP contribution in [0.25, 0.3) is 0 Å². The zero-order chi connectivity index (χ0) is 13.0. The van der Waals surface area contributed by atoms with Crippen LogP contribution in [0.1, 0.15) is 24.9 Å². The highest BCUT2D eigenvalue weighted by Crippen LogP contribution is 2.28. The summed E-state index contributed by atoms with van der Waals surface area (Å²) in [4.78, 5) is 0. The zero-order valence-corrected chi connectivity index (χ0v) is 9.91. The molecule has 0 aliphatic rings. The van der Waals surface area contributed by atoms with Crippen molar-refractivity contribution in [3.63, 3.8) is 0 Å². The first kappa shape index (κ1) is 13.9. The zero-order valence-electron chi connectivity index (χ0n) is 9.91. The summed E-state index contributed by atoms with van der Waals surface area (Å²) in [7, 11) is 1.26. The highest BCUT2D eigenvalue weighted by molar-refractivity contribution is 5.32. The first-order valence-electron chi connectivity index (χ1n) is 5.44. The molecule has 0 radical (unpaired) electrons. The van der Waals surface area contributed by atoms with Gasteiger partial charge in [0.25, 0.3) is 0 Å². The van der Waals surface area contributed by atoms with Crippen LogP contribution in [0.5, 0.6) is 5.75 Å². The second-order valence-corrected chi connectivity index (χ2v) is 3.88. The molecule has 0 bridgehead atoms. The third-order valence-corrected chi connectivity index (χ3v) is 2.90. The molecule has 1 aromatic rings. The largest absolute Gasteiger partial charge is 0.494 e. The maximum atomic E-state index is 13.7. The Morgan fingerprint density at radius 1 is 1.35 bits per heavy atom. The summed E-state index contributed by atoms with van der Waals surface area (Å²) < 4.78 is 31.8. The molecule has 0 saturated carbocycles. The van der Waals surface area contributed by atoms with E-state index < -0.39 is 17.7 Å². The SMILES string of the molecule is CCC(CO)C(N)c1cc(F)c(OC)cc1F. The number of halogens is 2. The summed E-state index contributed by atoms with van der Waals surface area (Å²) in [6, 6.07) is 1.26. The molecule has 3 nitrogen and oxygen atoms in total. The Morgan fingerprint density at radius 3 is 2.47 bits per heavy atom. The van der Waals surface area contributed by atoms with Crippen LogP contribution < -0.4 is 10.5 Å². The van der Waals surface area contributed by atoms with Gasteiger partial charge in [0.05, 0.1) is 7.11 Å². The standard InChI is InChI=1S/C12H17F2NO2/c1-3-7(6-16)12(15)8-4-10(14)11(17-2)5-9(8)13/h4-5,7,12,16H,3,6,15H2,1-2H3. The van der Waals surface area contributed by atoms with E-state index in [1.807, 2.05) is 6.92 Å². The van der Waals surface area contributed by atoms with Gasteiger partial charge in [-0.3, -0.25) is 0 Å². The molecule has 1 aromatic carbocycles. The maximum absolute atomic E-state index is 13.7. The minimum absolute atomic E-state index is 0.0594. The smallest absolute Gasteiger partial charge is 0.165 e. The fourth-order valence-electron chi connectivity index (χ4n) is 1.71. The summed E-state index contributed by atoms with van der Waals surface area (Å²) in [6.07, 6.45) is 0.588. The van der Waals surface area contributed by atoms with Gasteiger partial charge >= 0.3 is 0 Å². The Labute approximate surface area is 99.2 Å². The van der Waals surface area contributed by atoms with Crippen LogP contribution in [0.2, 0.25) is 0 Å². The molecule has 2 unspecified atom stereocenters. The van der Waals surface area contributed by atoms with Crippen LogP contribution in [0.3, 0.4) is 0 Å². The van der Waals surface area contributed by atoms with Gasteiger partial charge in [0, 0.05) is 30.2 Å². The van der Waals surface area contributed by atoms with Gasteiger partial charge in [-0.2, -0.15) is 0 Å². The van der Waals surface area contributed by atoms with Crippen molar-refractivity contribution in [1.29, 1.82) is 0 Å². The molecule has 96 valence electrons. The van der Waals surface area contributed by atoms with Crippen molar-refractivity contribution < 1.29 is 18.6 Å². The van der Waals surface area contributed by atoms with Gasteiger partial charge in [0.15, 0.2) is 11.6 Å². The van der Waals surface area contributed by atoms with Crippen LogP contribution in [0, 0.1) is 17.6 Å². The van der Waals surface area contributed by atoms with Gasteiger partial charge in [-0.15, -0.1) is 0 Å². The average Bonchev–Trinajstić information content (AvgIpc) is 2.32. The van der Waals surface area contributed by atoms with Crippen molar-refractivity contribution in [3.8, 4) is 5.75 Å². The Morgan fingerprint density at radius 2 is 2.00 bits per heavy atom. The molecule has 1 rings (SSSR count). The van der Waals surface area contributed by atoms with Crippen LogP contribution in [-0.2, 0) is 0 Å². The molecule has 3 N–H and O–H groups in total. The normalized spacial score (nSPS) is 14.5. The molecule has 17 heavy (non-hydrogen) atoms. The van der Waals surface area contributed by atoms with Gasteiger partial charge < -0.3 is 15.6 Å². The van der Waals surface area contributed by atoms with E-state index in [1.165, 1.54) is 7.11 Å². The summed E-state index contributed by atoms with van der Waals surface area (Å²) >= 11 is 0. The van der Waals surface area contributed by atoms with Gasteiger partial charge in [0.2, 0.25) is 0 Å². The summed E-state index contributed by atoms with van der Waals surface area (Å²) in [5.74, 6) is -1.73. The number of hydrogen-bond donors (Lipinski definition) is 2. The van der Waals surface area contributed by atoms with Crippen molar-refractivity contribution in [2.45, 2.75) is 19.4 Å². The molecule has 0 aromatic heterocycles. The topological polar surface area (TPSA) is 55.5 Å². The number of ether oxygens (including phenoxy) is 1. The molecule has 0 aliphatic carbocycles. The van der Waals surface area contributed by atoms with Gasteiger partial charge in [-0.05, 0) is 12.5 Å². The molecule has 5 heteroatoms. The first-order valence-corrected chi connectivity index (χ1v) is 5.44. The predicted octanol–water partition coefficient (Wildman–Crippen LogP) is 1.99. The van der Waals surface area contributed by atoms with E-state index in [2.05, 4.69) is 4.74 Å². The number of aliphatic hydroxyl groups is 1. The molecule has 0 heterocycles. The molecule has 0 amide bonds. The van der Waals surface area contributed by atoms with Crippen molar-refractivity contribution in [3.05, 3.63) is 29.3 Å². The van der Waals surface area contributed by atoms with Crippen molar-refractivity contribution in [2.75, 3.05) is 13.7 Å². The fourth-order valence-corrected chi connectivity index (χ4v) is 1.71. The predicted molar refractivity (Wildman–Crippen MR) is 60.7 cm³/mol. The number of methoxy groups -OCH3 is 1. The third-order valence-electron chi connectivity index (χ3n) is 2.90. The average molecular weight is 245 g/mol. The maximum Gasteiger partial charge on any atom is 0.165 e. The minimum Gasteiger partial charge on any atom is -0.494 e. The molecule has 0 aliphatic heterocycles. The lowest BCUT2D eigenvalue weighted by molar-refractivity contribution is 0.199. The summed E-state index contributed by atoms with van der Waals surface area (Å²) in [5, 5.41) is 9.10. The lowest BCUT2D eigenvalue weighted by Crippen LogP contribution is -2.25. The van der Waals surface area contributed by atoms with E-state index >= 15 is 0 Å². The summed E-state index contributed by atoms with van der Waals surface area (Å²) in [6.45, 7) is 1.67. The Hall–Kier alpha value is -1.20. The van der Waals surface area contributed by atoms with E-state index in [4.69, 9.17) is 10.8 Å². The Bertz CT molecular complexity index is 381. The highest BCUT2D eigenvalue weighted by atomic mass is 19.1. The molecule has 0 spiro atoms. The number of benzene rings is 1. The lowest BCUT2D eigenvalue weighted by Gasteiger charge is -2.21. The van der Waals surface area contributed by atoms with Crippen LogP contribution in [0.4, 0.5) is 8.78 Å². The number of nitrogens with two attached hydrogens (primary N) is 1. The van der Waals surface area contributed by atoms with Crippen LogP contribution >= 0.6 is 0 Å². The minimum atomic E-state index is -0.731. The van der Waals surface area contributed by atoms with Crippen molar-refractivity contribution in [1.82, 2.24) is 0 Å². The van der Waals surface area contributed by atoms with E-state index in [0.29, 0.717) is 6.42 Å². The van der Waals surface area contributed by atoms with E-state index in [0.717, 1.165) is 12.1 Å². The number of hydrogen-bond acceptors (Lipinski definition) is 3. The van der Waals surface area contributed by atoms with Crippen molar-refractivity contribution >= 4 is 0 Å². The Balaban J connectivity index is 3.09. The van der Waals surface area contributed by atoms with Crippen LogP contribution in [-0.4, -0.2) is 18.8 Å². The highest BCUT2D eigenvalue weighted by Gasteiger charge is 2.22. The third kappa shape index (κ3) is 2.92. The van der Waals surface area contributed by atoms with Gasteiger partial charge in [-0.1, -0.05) is 6.92 Å². The monoisotopic (exact) mass is 245 g/mol. The van der Waals surface area contributed by atoms with Crippen LogP contribution in [0.15, 0.2) is 12.1 Å². The Kier molecular flexibility index (Phi) is 4.84. The molecule has 0 saturated heterocycles.